The molecule has 5 heteroatoms. The molecule has 1 aromatic heterocycles. The highest BCUT2D eigenvalue weighted by molar-refractivity contribution is 7.15. The van der Waals surface area contributed by atoms with Crippen LogP contribution in [0.5, 0.6) is 0 Å². The number of halogens is 1. The molecule has 0 amide bonds. The molecule has 0 aromatic carbocycles. The van der Waals surface area contributed by atoms with E-state index in [-0.39, 0.29) is 0 Å². The summed E-state index contributed by atoms with van der Waals surface area (Å²) in [5.41, 5.74) is 5.62. The largest absolute Gasteiger partial charge is 0.330 e. The van der Waals surface area contributed by atoms with Crippen LogP contribution in [0.2, 0.25) is 4.47 Å². The van der Waals surface area contributed by atoms with Gasteiger partial charge in [-0.25, -0.2) is 4.98 Å². The van der Waals surface area contributed by atoms with Crippen LogP contribution >= 0.6 is 22.9 Å². The van der Waals surface area contributed by atoms with E-state index in [2.05, 4.69) is 9.88 Å². The minimum Gasteiger partial charge on any atom is -0.330 e. The summed E-state index contributed by atoms with van der Waals surface area (Å²) in [4.78, 5) is 7.83. The van der Waals surface area contributed by atoms with Gasteiger partial charge in [0.2, 0.25) is 0 Å². The van der Waals surface area contributed by atoms with Gasteiger partial charge in [0.15, 0.2) is 4.47 Å². The van der Waals surface area contributed by atoms with E-state index in [0.29, 0.717) is 4.47 Å². The molecule has 1 fully saturated rings. The van der Waals surface area contributed by atoms with Crippen LogP contribution in [0.25, 0.3) is 0 Å². The molecule has 3 nitrogen and oxygen atoms in total. The normalized spacial score (nSPS) is 22.5. The summed E-state index contributed by atoms with van der Waals surface area (Å²) in [5, 5.41) is 0. The van der Waals surface area contributed by atoms with Crippen LogP contribution in [0.3, 0.4) is 0 Å². The lowest BCUT2D eigenvalue weighted by Gasteiger charge is -2.32. The Hall–Kier alpha value is -0.160. The number of likely N-dealkylation sites (tertiary alicyclic amines) is 1. The average Bonchev–Trinajstić information content (AvgIpc) is 2.65. The first-order valence-electron chi connectivity index (χ1n) is 5.80. The summed E-state index contributed by atoms with van der Waals surface area (Å²) < 4.78 is 0.644. The summed E-state index contributed by atoms with van der Waals surface area (Å²) >= 11 is 7.41. The molecule has 2 rings (SSSR count). The molecule has 0 radical (unpaired) electrons. The number of aromatic nitrogens is 1. The fourth-order valence-corrected chi connectivity index (χ4v) is 3.36. The van der Waals surface area contributed by atoms with Gasteiger partial charge in [-0.2, -0.15) is 0 Å². The number of hydrogen-bond acceptors (Lipinski definition) is 4. The van der Waals surface area contributed by atoms with Crippen molar-refractivity contribution in [3.63, 3.8) is 0 Å². The molecule has 1 aliphatic heterocycles. The molecule has 1 aliphatic rings. The third kappa shape index (κ3) is 3.42. The van der Waals surface area contributed by atoms with Crippen LogP contribution < -0.4 is 5.73 Å². The van der Waals surface area contributed by atoms with E-state index in [1.807, 2.05) is 6.20 Å². The Kier molecular flexibility index (Phi) is 4.58. The third-order valence-corrected chi connectivity index (χ3v) is 4.18. The van der Waals surface area contributed by atoms with Crippen molar-refractivity contribution in [2.45, 2.75) is 25.8 Å². The highest BCUT2D eigenvalue weighted by Crippen LogP contribution is 2.24. The number of nitrogens with zero attached hydrogens (tertiary/aromatic N) is 2. The number of nitrogens with two attached hydrogens (primary N) is 1. The second kappa shape index (κ2) is 5.96. The van der Waals surface area contributed by atoms with E-state index in [9.17, 15) is 0 Å². The lowest BCUT2D eigenvalue weighted by molar-refractivity contribution is 0.164. The van der Waals surface area contributed by atoms with Crippen molar-refractivity contribution in [3.8, 4) is 0 Å². The van der Waals surface area contributed by atoms with E-state index >= 15 is 0 Å². The highest BCUT2D eigenvalue weighted by Gasteiger charge is 2.19. The van der Waals surface area contributed by atoms with Gasteiger partial charge in [-0.15, -0.1) is 11.3 Å². The van der Waals surface area contributed by atoms with Crippen molar-refractivity contribution < 1.29 is 0 Å². The number of piperidine rings is 1. The monoisotopic (exact) mass is 259 g/mol. The van der Waals surface area contributed by atoms with Gasteiger partial charge in [0.05, 0.1) is 0 Å². The Morgan fingerprint density at radius 1 is 1.62 bits per heavy atom. The molecular formula is C11H18ClN3S. The van der Waals surface area contributed by atoms with Crippen LogP contribution in [0.4, 0.5) is 0 Å². The van der Waals surface area contributed by atoms with Crippen molar-refractivity contribution in [1.29, 1.82) is 0 Å². The zero-order valence-electron chi connectivity index (χ0n) is 9.36. The summed E-state index contributed by atoms with van der Waals surface area (Å²) in [6.07, 6.45) is 5.66. The quantitative estimate of drug-likeness (QED) is 0.903. The van der Waals surface area contributed by atoms with Crippen LogP contribution in [0, 0.1) is 5.92 Å². The summed E-state index contributed by atoms with van der Waals surface area (Å²) in [5.74, 6) is 0.780. The van der Waals surface area contributed by atoms with Gasteiger partial charge in [0, 0.05) is 24.2 Å². The first-order chi connectivity index (χ1) is 7.78. The number of thiazole rings is 1. The molecule has 90 valence electrons. The Labute approximate surface area is 106 Å². The molecule has 0 aliphatic carbocycles. The molecule has 0 saturated carbocycles. The third-order valence-electron chi connectivity index (χ3n) is 3.08. The van der Waals surface area contributed by atoms with E-state index in [4.69, 9.17) is 17.3 Å². The first-order valence-corrected chi connectivity index (χ1v) is 7.00. The maximum Gasteiger partial charge on any atom is 0.183 e. The van der Waals surface area contributed by atoms with Gasteiger partial charge in [0.1, 0.15) is 0 Å². The average molecular weight is 260 g/mol. The van der Waals surface area contributed by atoms with Crippen molar-refractivity contribution in [2.75, 3.05) is 19.6 Å². The standard InChI is InChI=1S/C11H18ClN3S/c12-11-14-6-10(16-11)8-15-5-1-2-9(7-15)3-4-13/h6,9H,1-5,7-8,13H2. The Morgan fingerprint density at radius 3 is 3.19 bits per heavy atom. The predicted octanol–water partition coefficient (Wildman–Crippen LogP) is 2.36. The Balaban J connectivity index is 1.85. The van der Waals surface area contributed by atoms with Crippen LogP contribution in [-0.4, -0.2) is 29.5 Å². The molecular weight excluding hydrogens is 242 g/mol. The van der Waals surface area contributed by atoms with Crippen LogP contribution in [0.1, 0.15) is 24.1 Å². The predicted molar refractivity (Wildman–Crippen MR) is 68.8 cm³/mol. The molecule has 16 heavy (non-hydrogen) atoms. The zero-order valence-corrected chi connectivity index (χ0v) is 10.9. The van der Waals surface area contributed by atoms with E-state index in [1.54, 1.807) is 11.3 Å². The number of hydrogen-bond donors (Lipinski definition) is 1. The summed E-state index contributed by atoms with van der Waals surface area (Å²) in [6, 6.07) is 0. The van der Waals surface area contributed by atoms with Gasteiger partial charge in [-0.3, -0.25) is 4.90 Å². The first kappa shape index (κ1) is 12.3. The molecule has 1 unspecified atom stereocenters. The Morgan fingerprint density at radius 2 is 2.50 bits per heavy atom. The molecule has 1 saturated heterocycles. The van der Waals surface area contributed by atoms with Crippen molar-refractivity contribution in [2.24, 2.45) is 11.7 Å². The second-order valence-electron chi connectivity index (χ2n) is 4.40. The van der Waals surface area contributed by atoms with Crippen molar-refractivity contribution >= 4 is 22.9 Å². The van der Waals surface area contributed by atoms with Gasteiger partial charge in [0.25, 0.3) is 0 Å². The lowest BCUT2D eigenvalue weighted by Crippen LogP contribution is -2.35. The summed E-state index contributed by atoms with van der Waals surface area (Å²) in [7, 11) is 0. The second-order valence-corrected chi connectivity index (χ2v) is 6.10. The molecule has 2 heterocycles. The molecule has 1 aromatic rings. The fraction of sp³-hybridized carbons (Fsp3) is 0.727. The summed E-state index contributed by atoms with van der Waals surface area (Å²) in [6.45, 7) is 4.17. The molecule has 2 N–H and O–H groups in total. The smallest absolute Gasteiger partial charge is 0.183 e. The lowest BCUT2D eigenvalue weighted by atomic mass is 9.95. The molecule has 1 atom stereocenters. The maximum atomic E-state index is 5.83. The van der Waals surface area contributed by atoms with Crippen molar-refractivity contribution in [3.05, 3.63) is 15.5 Å². The minimum atomic E-state index is 0.644. The molecule has 0 bridgehead atoms. The van der Waals surface area contributed by atoms with Gasteiger partial charge in [-0.05, 0) is 38.3 Å². The maximum absolute atomic E-state index is 5.83. The number of rotatable bonds is 4. The minimum absolute atomic E-state index is 0.644. The highest BCUT2D eigenvalue weighted by atomic mass is 35.5. The van der Waals surface area contributed by atoms with E-state index in [1.165, 1.54) is 30.8 Å². The SMILES string of the molecule is NCCC1CCCN(Cc2cnc(Cl)s2)C1. The van der Waals surface area contributed by atoms with Gasteiger partial charge in [-0.1, -0.05) is 11.6 Å². The van der Waals surface area contributed by atoms with E-state index in [0.717, 1.165) is 25.4 Å². The molecule has 0 spiro atoms. The van der Waals surface area contributed by atoms with E-state index < -0.39 is 0 Å². The van der Waals surface area contributed by atoms with Gasteiger partial charge < -0.3 is 5.73 Å². The van der Waals surface area contributed by atoms with Crippen LogP contribution in [0.15, 0.2) is 6.20 Å². The topological polar surface area (TPSA) is 42.1 Å². The zero-order chi connectivity index (χ0) is 11.4. The fourth-order valence-electron chi connectivity index (χ4n) is 2.34. The van der Waals surface area contributed by atoms with Crippen LogP contribution in [-0.2, 0) is 6.54 Å². The van der Waals surface area contributed by atoms with Gasteiger partial charge >= 0.3 is 0 Å². The van der Waals surface area contributed by atoms with Crippen molar-refractivity contribution in [1.82, 2.24) is 9.88 Å². The Bertz CT molecular complexity index is 327.